The molecule has 8 nitrogen and oxygen atoms in total. The van der Waals surface area contributed by atoms with E-state index in [-0.39, 0.29) is 36.1 Å². The third-order valence-corrected chi connectivity index (χ3v) is 7.53. The van der Waals surface area contributed by atoms with E-state index in [4.69, 9.17) is 0 Å². The summed E-state index contributed by atoms with van der Waals surface area (Å²) in [5.41, 5.74) is -0.760. The predicted octanol–water partition coefficient (Wildman–Crippen LogP) is 3.63. The number of hydrogen-bond acceptors (Lipinski definition) is 4. The number of likely N-dealkylation sites (N-methyl/N-ethyl adjacent to an activating group) is 1. The number of amides is 4. The average Bonchev–Trinajstić information content (AvgIpc) is 3.05. The van der Waals surface area contributed by atoms with E-state index in [1.54, 1.807) is 4.90 Å². The van der Waals surface area contributed by atoms with Gasteiger partial charge in [0.2, 0.25) is 5.91 Å². The molecule has 4 rings (SSSR count). The molecular formula is C28H36F3N5O3. The van der Waals surface area contributed by atoms with Gasteiger partial charge in [0.1, 0.15) is 6.04 Å². The lowest BCUT2D eigenvalue weighted by Gasteiger charge is -2.34. The molecule has 3 aliphatic rings. The van der Waals surface area contributed by atoms with Gasteiger partial charge in [-0.2, -0.15) is 13.2 Å². The Hall–Kier alpha value is -3.34. The highest BCUT2D eigenvalue weighted by atomic mass is 19.4. The van der Waals surface area contributed by atoms with E-state index in [9.17, 15) is 27.6 Å². The monoisotopic (exact) mass is 547 g/mol. The Balaban J connectivity index is 1.75. The molecule has 0 bridgehead atoms. The Morgan fingerprint density at radius 2 is 1.87 bits per heavy atom. The molecule has 0 unspecified atom stereocenters. The van der Waals surface area contributed by atoms with Crippen molar-refractivity contribution in [2.24, 2.45) is 5.92 Å². The quantitative estimate of drug-likeness (QED) is 0.529. The van der Waals surface area contributed by atoms with Crippen molar-refractivity contribution in [2.45, 2.75) is 44.9 Å². The van der Waals surface area contributed by atoms with Crippen molar-refractivity contribution in [3.8, 4) is 0 Å². The second-order valence-electron chi connectivity index (χ2n) is 10.8. The topological polar surface area (TPSA) is 76.2 Å². The van der Waals surface area contributed by atoms with Gasteiger partial charge in [0.15, 0.2) is 0 Å². The highest BCUT2D eigenvalue weighted by Crippen LogP contribution is 2.42. The maximum absolute atomic E-state index is 14.1. The minimum absolute atomic E-state index is 0.0447. The number of rotatable bonds is 7. The Labute approximate surface area is 227 Å². The lowest BCUT2D eigenvalue weighted by Crippen LogP contribution is -2.51. The zero-order valence-electron chi connectivity index (χ0n) is 22.6. The number of alkyl halides is 3. The van der Waals surface area contributed by atoms with Crippen LogP contribution in [0.2, 0.25) is 0 Å². The molecule has 1 saturated heterocycles. The molecule has 0 aromatic heterocycles. The first kappa shape index (κ1) is 28.7. The van der Waals surface area contributed by atoms with E-state index in [0.717, 1.165) is 19.0 Å². The Morgan fingerprint density at radius 3 is 2.54 bits per heavy atom. The first-order valence-corrected chi connectivity index (χ1v) is 13.3. The van der Waals surface area contributed by atoms with Gasteiger partial charge in [0.05, 0.1) is 29.4 Å². The molecule has 2 atom stereocenters. The van der Waals surface area contributed by atoms with Crippen LogP contribution in [0.25, 0.3) is 0 Å². The molecule has 1 aromatic rings. The van der Waals surface area contributed by atoms with Crippen LogP contribution in [0.3, 0.4) is 0 Å². The lowest BCUT2D eigenvalue weighted by molar-refractivity contribution is -0.143. The molecule has 0 saturated carbocycles. The Kier molecular flexibility index (Phi) is 8.39. The number of hydrogen-bond donors (Lipinski definition) is 1. The van der Waals surface area contributed by atoms with Gasteiger partial charge in [-0.25, -0.2) is 4.79 Å². The maximum Gasteiger partial charge on any atom is 0.416 e. The smallest absolute Gasteiger partial charge is 0.340 e. The first-order chi connectivity index (χ1) is 18.4. The van der Waals surface area contributed by atoms with Crippen molar-refractivity contribution >= 4 is 17.8 Å². The van der Waals surface area contributed by atoms with Gasteiger partial charge in [0, 0.05) is 26.2 Å². The van der Waals surface area contributed by atoms with E-state index >= 15 is 0 Å². The fourth-order valence-corrected chi connectivity index (χ4v) is 5.61. The third kappa shape index (κ3) is 5.83. The molecule has 0 spiro atoms. The molecule has 39 heavy (non-hydrogen) atoms. The molecule has 1 N–H and O–H groups in total. The summed E-state index contributed by atoms with van der Waals surface area (Å²) in [6.07, 6.45) is -1.99. The largest absolute Gasteiger partial charge is 0.416 e. The normalized spacial score (nSPS) is 21.7. The SMILES string of the molecule is C=CCN1C(=O)N[C@H](c2ccccc2C(F)(F)F)C2=C1CN([C@H](CC(C)C)C(=O)N1CCCN(C)CC1)C2=O. The van der Waals surface area contributed by atoms with Crippen LogP contribution >= 0.6 is 0 Å². The van der Waals surface area contributed by atoms with Crippen LogP contribution in [0.4, 0.5) is 18.0 Å². The van der Waals surface area contributed by atoms with Gasteiger partial charge >= 0.3 is 12.2 Å². The standard InChI is InChI=1S/C28H36F3N5O3/c1-5-11-35-22-17-36(21(16-18(2)3)25(37)34-13-8-12-33(4)14-15-34)26(38)23(22)24(32-27(35)39)19-9-6-7-10-20(19)28(29,30)31/h5-7,9-10,18,21,24H,1,8,11-17H2,2-4H3,(H,32,39)/t21-,24-/m1/s1. The van der Waals surface area contributed by atoms with Crippen molar-refractivity contribution in [1.29, 1.82) is 0 Å². The molecule has 4 amide bonds. The summed E-state index contributed by atoms with van der Waals surface area (Å²) < 4.78 is 41.9. The molecular weight excluding hydrogens is 511 g/mol. The van der Waals surface area contributed by atoms with Crippen molar-refractivity contribution in [1.82, 2.24) is 24.9 Å². The third-order valence-electron chi connectivity index (χ3n) is 7.53. The highest BCUT2D eigenvalue weighted by molar-refractivity contribution is 6.03. The number of carbonyl (C=O) groups excluding carboxylic acids is 3. The second-order valence-corrected chi connectivity index (χ2v) is 10.8. The summed E-state index contributed by atoms with van der Waals surface area (Å²) in [7, 11) is 2.00. The molecule has 212 valence electrons. The summed E-state index contributed by atoms with van der Waals surface area (Å²) in [6, 6.07) is 2.22. The fourth-order valence-electron chi connectivity index (χ4n) is 5.61. The molecule has 3 aliphatic heterocycles. The fraction of sp³-hybridized carbons (Fsp3) is 0.536. The Morgan fingerprint density at radius 1 is 1.15 bits per heavy atom. The number of benzene rings is 1. The minimum atomic E-state index is -4.68. The zero-order valence-corrected chi connectivity index (χ0v) is 22.6. The van der Waals surface area contributed by atoms with Crippen molar-refractivity contribution in [3.05, 3.63) is 59.3 Å². The molecule has 1 fully saturated rings. The molecule has 0 aliphatic carbocycles. The van der Waals surface area contributed by atoms with E-state index in [1.807, 2.05) is 20.9 Å². The van der Waals surface area contributed by atoms with Gasteiger partial charge < -0.3 is 20.0 Å². The summed E-state index contributed by atoms with van der Waals surface area (Å²) in [6.45, 7) is 10.3. The van der Waals surface area contributed by atoms with Gasteiger partial charge in [-0.1, -0.05) is 38.1 Å². The van der Waals surface area contributed by atoms with Crippen LogP contribution in [-0.2, 0) is 15.8 Å². The van der Waals surface area contributed by atoms with Crippen LogP contribution in [0.15, 0.2) is 48.2 Å². The first-order valence-electron chi connectivity index (χ1n) is 13.3. The molecule has 3 heterocycles. The highest BCUT2D eigenvalue weighted by Gasteiger charge is 2.49. The lowest BCUT2D eigenvalue weighted by atomic mass is 9.91. The molecule has 11 heteroatoms. The molecule has 1 aromatic carbocycles. The van der Waals surface area contributed by atoms with Gasteiger partial charge in [-0.05, 0) is 44.0 Å². The van der Waals surface area contributed by atoms with Gasteiger partial charge in [-0.3, -0.25) is 14.5 Å². The summed E-state index contributed by atoms with van der Waals surface area (Å²) in [4.78, 5) is 47.8. The zero-order chi connectivity index (χ0) is 28.5. The van der Waals surface area contributed by atoms with Gasteiger partial charge in [0.25, 0.3) is 5.91 Å². The summed E-state index contributed by atoms with van der Waals surface area (Å²) in [5.74, 6) is -0.634. The van der Waals surface area contributed by atoms with E-state index in [1.165, 1.54) is 34.1 Å². The number of nitrogens with zero attached hydrogens (tertiary/aromatic N) is 4. The maximum atomic E-state index is 14.1. The van der Waals surface area contributed by atoms with Crippen LogP contribution in [0.5, 0.6) is 0 Å². The van der Waals surface area contributed by atoms with Crippen molar-refractivity contribution in [2.75, 3.05) is 46.3 Å². The predicted molar refractivity (Wildman–Crippen MR) is 140 cm³/mol. The van der Waals surface area contributed by atoms with E-state index in [0.29, 0.717) is 31.8 Å². The van der Waals surface area contributed by atoms with E-state index < -0.39 is 35.8 Å². The number of halogens is 3. The number of nitrogens with one attached hydrogen (secondary N) is 1. The van der Waals surface area contributed by atoms with Crippen molar-refractivity contribution < 1.29 is 27.6 Å². The minimum Gasteiger partial charge on any atom is -0.340 e. The second kappa shape index (κ2) is 11.4. The van der Waals surface area contributed by atoms with E-state index in [2.05, 4.69) is 16.8 Å². The van der Waals surface area contributed by atoms with Crippen LogP contribution in [0.1, 0.15) is 43.9 Å². The van der Waals surface area contributed by atoms with Crippen LogP contribution in [-0.4, -0.2) is 89.8 Å². The Bertz CT molecular complexity index is 1170. The summed E-state index contributed by atoms with van der Waals surface area (Å²) >= 11 is 0. The van der Waals surface area contributed by atoms with Crippen molar-refractivity contribution in [3.63, 3.8) is 0 Å². The van der Waals surface area contributed by atoms with Gasteiger partial charge in [-0.15, -0.1) is 6.58 Å². The number of urea groups is 1. The van der Waals surface area contributed by atoms with Crippen LogP contribution in [0, 0.1) is 5.92 Å². The summed E-state index contributed by atoms with van der Waals surface area (Å²) in [5, 5.41) is 2.62. The van der Waals surface area contributed by atoms with Crippen LogP contribution < -0.4 is 5.32 Å². The molecule has 0 radical (unpaired) electrons. The average molecular weight is 548 g/mol. The number of carbonyl (C=O) groups is 3.